The molecule has 0 aliphatic heterocycles. The number of hydrogen-bond donors (Lipinski definition) is 1. The zero-order chi connectivity index (χ0) is 14.8. The van der Waals surface area contributed by atoms with Gasteiger partial charge in [0.05, 0.1) is 0 Å². The Balaban J connectivity index is 1.69. The van der Waals surface area contributed by atoms with E-state index < -0.39 is 0 Å². The molecule has 2 aromatic carbocycles. The van der Waals surface area contributed by atoms with Gasteiger partial charge in [0.15, 0.2) is 0 Å². The maximum atomic E-state index is 6.05. The third kappa shape index (κ3) is 3.78. The maximum Gasteiger partial charge on any atom is 0.133 e. The van der Waals surface area contributed by atoms with Crippen LogP contribution in [0.3, 0.4) is 0 Å². The highest BCUT2D eigenvalue weighted by Crippen LogP contribution is 2.31. The van der Waals surface area contributed by atoms with Gasteiger partial charge in [-0.2, -0.15) is 0 Å². The molecule has 2 nitrogen and oxygen atoms in total. The first-order chi connectivity index (χ1) is 10.1. The summed E-state index contributed by atoms with van der Waals surface area (Å²) < 4.78 is 6.01. The quantitative estimate of drug-likeness (QED) is 0.839. The third-order valence-corrected chi connectivity index (χ3v) is 3.96. The van der Waals surface area contributed by atoms with Gasteiger partial charge >= 0.3 is 0 Å². The molecule has 0 heterocycles. The first-order valence-electron chi connectivity index (χ1n) is 7.39. The Morgan fingerprint density at radius 1 is 1.10 bits per heavy atom. The highest BCUT2D eigenvalue weighted by Gasteiger charge is 2.19. The van der Waals surface area contributed by atoms with Crippen LogP contribution in [0.4, 0.5) is 0 Å². The lowest BCUT2D eigenvalue weighted by Crippen LogP contribution is -2.14. The van der Waals surface area contributed by atoms with Crippen LogP contribution in [0, 0.1) is 13.8 Å². The van der Waals surface area contributed by atoms with E-state index >= 15 is 0 Å². The molecule has 110 valence electrons. The molecule has 3 rings (SSSR count). The van der Waals surface area contributed by atoms with Gasteiger partial charge < -0.3 is 10.1 Å². The summed E-state index contributed by atoms with van der Waals surface area (Å²) in [4.78, 5) is 0. The molecule has 0 bridgehead atoms. The molecule has 0 saturated heterocycles. The fourth-order valence-electron chi connectivity index (χ4n) is 2.40. The van der Waals surface area contributed by atoms with E-state index in [0.717, 1.165) is 40.2 Å². The predicted molar refractivity (Wildman–Crippen MR) is 87.3 cm³/mol. The maximum absolute atomic E-state index is 6.05. The van der Waals surface area contributed by atoms with Gasteiger partial charge in [-0.3, -0.25) is 0 Å². The van der Waals surface area contributed by atoms with Crippen molar-refractivity contribution in [1.82, 2.24) is 5.32 Å². The van der Waals surface area contributed by atoms with Crippen LogP contribution in [0.1, 0.15) is 29.5 Å². The van der Waals surface area contributed by atoms with Crippen LogP contribution in [-0.4, -0.2) is 6.04 Å². The summed E-state index contributed by atoms with van der Waals surface area (Å²) in [6.07, 6.45) is 2.63. The number of hydrogen-bond acceptors (Lipinski definition) is 2. The van der Waals surface area contributed by atoms with E-state index in [-0.39, 0.29) is 0 Å². The normalized spacial score (nSPS) is 14.2. The van der Waals surface area contributed by atoms with Crippen molar-refractivity contribution in [2.45, 2.75) is 39.3 Å². The fraction of sp³-hybridized carbons (Fsp3) is 0.333. The molecule has 2 aromatic rings. The van der Waals surface area contributed by atoms with E-state index in [9.17, 15) is 0 Å². The Labute approximate surface area is 131 Å². The molecule has 1 N–H and O–H groups in total. The molecule has 0 atom stereocenters. The summed E-state index contributed by atoms with van der Waals surface area (Å²) in [5.74, 6) is 1.75. The van der Waals surface area contributed by atoms with Crippen molar-refractivity contribution in [3.05, 3.63) is 58.1 Å². The van der Waals surface area contributed by atoms with Crippen LogP contribution < -0.4 is 10.1 Å². The Kier molecular flexibility index (Phi) is 4.18. The monoisotopic (exact) mass is 301 g/mol. The topological polar surface area (TPSA) is 21.3 Å². The Morgan fingerprint density at radius 3 is 2.29 bits per heavy atom. The number of rotatable bonds is 5. The number of nitrogens with one attached hydrogen (secondary N) is 1. The van der Waals surface area contributed by atoms with Crippen LogP contribution in [0.5, 0.6) is 11.5 Å². The molecule has 21 heavy (non-hydrogen) atoms. The van der Waals surface area contributed by atoms with Gasteiger partial charge in [0.2, 0.25) is 0 Å². The SMILES string of the molecule is Cc1cc(Cl)cc(C)c1Oc1ccc(CNC2CC2)cc1. The molecular formula is C18H20ClNO. The number of benzene rings is 2. The van der Waals surface area contributed by atoms with Gasteiger partial charge in [0.1, 0.15) is 11.5 Å². The van der Waals surface area contributed by atoms with E-state index in [1.165, 1.54) is 18.4 Å². The number of halogens is 1. The lowest BCUT2D eigenvalue weighted by atomic mass is 10.1. The minimum absolute atomic E-state index is 0.736. The summed E-state index contributed by atoms with van der Waals surface area (Å²) in [6.45, 7) is 4.97. The second-order valence-electron chi connectivity index (χ2n) is 5.77. The summed E-state index contributed by atoms with van der Waals surface area (Å²) in [5.41, 5.74) is 3.40. The lowest BCUT2D eigenvalue weighted by Gasteiger charge is -2.13. The second kappa shape index (κ2) is 6.08. The molecule has 0 unspecified atom stereocenters. The van der Waals surface area contributed by atoms with Gasteiger partial charge in [-0.05, 0) is 67.6 Å². The summed E-state index contributed by atoms with van der Waals surface area (Å²) in [5, 5.41) is 4.26. The summed E-state index contributed by atoms with van der Waals surface area (Å²) in [7, 11) is 0. The standard InChI is InChI=1S/C18H20ClNO/c1-12-9-15(19)10-13(2)18(12)21-17-7-3-14(4-8-17)11-20-16-5-6-16/h3-4,7-10,16,20H,5-6,11H2,1-2H3. The van der Waals surface area contributed by atoms with Crippen molar-refractivity contribution in [3.63, 3.8) is 0 Å². The van der Waals surface area contributed by atoms with E-state index in [0.29, 0.717) is 0 Å². The number of aryl methyl sites for hydroxylation is 2. The average molecular weight is 302 g/mol. The Bertz CT molecular complexity index is 609. The summed E-state index contributed by atoms with van der Waals surface area (Å²) >= 11 is 6.05. The van der Waals surface area contributed by atoms with Gasteiger partial charge in [0.25, 0.3) is 0 Å². The van der Waals surface area contributed by atoms with E-state index in [4.69, 9.17) is 16.3 Å². The molecule has 1 aliphatic carbocycles. The molecule has 0 amide bonds. The van der Waals surface area contributed by atoms with E-state index in [1.54, 1.807) is 0 Å². The molecule has 0 radical (unpaired) electrons. The molecule has 0 aromatic heterocycles. The molecule has 3 heteroatoms. The van der Waals surface area contributed by atoms with E-state index in [2.05, 4.69) is 17.4 Å². The fourth-order valence-corrected chi connectivity index (χ4v) is 2.73. The molecular weight excluding hydrogens is 282 g/mol. The van der Waals surface area contributed by atoms with Crippen LogP contribution in [0.25, 0.3) is 0 Å². The van der Waals surface area contributed by atoms with Crippen molar-refractivity contribution in [2.75, 3.05) is 0 Å². The minimum atomic E-state index is 0.736. The van der Waals surface area contributed by atoms with Gasteiger partial charge in [-0.15, -0.1) is 0 Å². The van der Waals surface area contributed by atoms with Crippen molar-refractivity contribution in [3.8, 4) is 11.5 Å². The lowest BCUT2D eigenvalue weighted by molar-refractivity contribution is 0.475. The van der Waals surface area contributed by atoms with Crippen molar-refractivity contribution in [2.24, 2.45) is 0 Å². The van der Waals surface area contributed by atoms with Crippen LogP contribution in [-0.2, 0) is 6.54 Å². The molecule has 0 spiro atoms. The summed E-state index contributed by atoms with van der Waals surface area (Å²) in [6, 6.07) is 12.9. The average Bonchev–Trinajstić information content (AvgIpc) is 3.26. The van der Waals surface area contributed by atoms with Crippen molar-refractivity contribution < 1.29 is 4.74 Å². The van der Waals surface area contributed by atoms with Crippen LogP contribution in [0.15, 0.2) is 36.4 Å². The molecule has 1 fully saturated rings. The molecule has 1 aliphatic rings. The highest BCUT2D eigenvalue weighted by atomic mass is 35.5. The van der Waals surface area contributed by atoms with Crippen molar-refractivity contribution in [1.29, 1.82) is 0 Å². The smallest absolute Gasteiger partial charge is 0.133 e. The third-order valence-electron chi connectivity index (χ3n) is 3.74. The first-order valence-corrected chi connectivity index (χ1v) is 7.76. The zero-order valence-corrected chi connectivity index (χ0v) is 13.2. The Morgan fingerprint density at radius 2 is 1.71 bits per heavy atom. The minimum Gasteiger partial charge on any atom is -0.457 e. The second-order valence-corrected chi connectivity index (χ2v) is 6.21. The predicted octanol–water partition coefficient (Wildman–Crippen LogP) is 5.00. The van der Waals surface area contributed by atoms with Gasteiger partial charge in [-0.25, -0.2) is 0 Å². The van der Waals surface area contributed by atoms with Crippen LogP contribution >= 0.6 is 11.6 Å². The molecule has 1 saturated carbocycles. The van der Waals surface area contributed by atoms with Crippen LogP contribution in [0.2, 0.25) is 5.02 Å². The van der Waals surface area contributed by atoms with Gasteiger partial charge in [-0.1, -0.05) is 23.7 Å². The zero-order valence-electron chi connectivity index (χ0n) is 12.4. The van der Waals surface area contributed by atoms with Gasteiger partial charge in [0, 0.05) is 17.6 Å². The largest absolute Gasteiger partial charge is 0.457 e. The van der Waals surface area contributed by atoms with Crippen molar-refractivity contribution >= 4 is 11.6 Å². The first kappa shape index (κ1) is 14.4. The highest BCUT2D eigenvalue weighted by molar-refractivity contribution is 6.30. The Hall–Kier alpha value is -1.51. The number of ether oxygens (including phenoxy) is 1. The van der Waals surface area contributed by atoms with E-state index in [1.807, 2.05) is 38.1 Å².